The van der Waals surface area contributed by atoms with E-state index in [0.29, 0.717) is 25.4 Å². The maximum Gasteiger partial charge on any atom is 0.328 e. The highest BCUT2D eigenvalue weighted by atomic mass is 16.5. The Kier molecular flexibility index (Phi) is 7.59. The van der Waals surface area contributed by atoms with E-state index in [9.17, 15) is 9.59 Å². The number of piperidine rings is 1. The van der Waals surface area contributed by atoms with E-state index < -0.39 is 0 Å². The molecule has 0 spiro atoms. The second kappa shape index (κ2) is 8.95. The van der Waals surface area contributed by atoms with Gasteiger partial charge in [0.05, 0.1) is 7.11 Å². The van der Waals surface area contributed by atoms with Gasteiger partial charge in [-0.2, -0.15) is 0 Å². The van der Waals surface area contributed by atoms with Crippen molar-refractivity contribution in [2.24, 2.45) is 11.7 Å². The lowest BCUT2D eigenvalue weighted by molar-refractivity contribution is -0.154. The van der Waals surface area contributed by atoms with E-state index in [2.05, 4.69) is 6.92 Å². The quantitative estimate of drug-likeness (QED) is 0.722. The molecule has 1 fully saturated rings. The zero-order chi connectivity index (χ0) is 15.0. The standard InChI is InChI=1S/C15H28N2O3/c1-3-12(9-10-16)7-8-14(18)17-11-5-4-6-13(17)15(19)20-2/h12-13H,3-11,16H2,1-2H3. The summed E-state index contributed by atoms with van der Waals surface area (Å²) in [6, 6.07) is -0.379. The highest BCUT2D eigenvalue weighted by molar-refractivity contribution is 5.84. The summed E-state index contributed by atoms with van der Waals surface area (Å²) in [5.41, 5.74) is 5.58. The Morgan fingerprint density at radius 2 is 2.10 bits per heavy atom. The van der Waals surface area contributed by atoms with Crippen LogP contribution in [0, 0.1) is 5.92 Å². The third-order valence-corrected chi connectivity index (χ3v) is 4.22. The van der Waals surface area contributed by atoms with Gasteiger partial charge >= 0.3 is 5.97 Å². The molecule has 0 bridgehead atoms. The maximum atomic E-state index is 12.3. The molecule has 1 rings (SSSR count). The van der Waals surface area contributed by atoms with E-state index in [1.807, 2.05) is 0 Å². The highest BCUT2D eigenvalue weighted by Crippen LogP contribution is 2.21. The number of carbonyl (C=O) groups is 2. The van der Waals surface area contributed by atoms with Crippen molar-refractivity contribution in [3.63, 3.8) is 0 Å². The largest absolute Gasteiger partial charge is 0.467 e. The number of hydrogen-bond acceptors (Lipinski definition) is 4. The van der Waals surface area contributed by atoms with Gasteiger partial charge in [-0.05, 0) is 44.6 Å². The molecule has 1 aliphatic heterocycles. The van der Waals surface area contributed by atoms with Crippen LogP contribution in [0.1, 0.15) is 51.9 Å². The molecule has 116 valence electrons. The monoisotopic (exact) mass is 284 g/mol. The Bertz CT molecular complexity index is 320. The van der Waals surface area contributed by atoms with E-state index in [4.69, 9.17) is 10.5 Å². The van der Waals surface area contributed by atoms with Gasteiger partial charge in [-0.15, -0.1) is 0 Å². The van der Waals surface area contributed by atoms with Crippen LogP contribution in [-0.4, -0.2) is 43.0 Å². The molecule has 1 amide bonds. The summed E-state index contributed by atoms with van der Waals surface area (Å²) in [4.78, 5) is 25.8. The van der Waals surface area contributed by atoms with Crippen molar-refractivity contribution in [2.45, 2.75) is 57.9 Å². The number of esters is 1. The second-order valence-electron chi connectivity index (χ2n) is 5.51. The topological polar surface area (TPSA) is 72.6 Å². The molecule has 0 aromatic heterocycles. The fourth-order valence-corrected chi connectivity index (χ4v) is 2.87. The van der Waals surface area contributed by atoms with Gasteiger partial charge in [0.1, 0.15) is 6.04 Å². The Hall–Kier alpha value is -1.10. The Balaban J connectivity index is 2.52. The summed E-state index contributed by atoms with van der Waals surface area (Å²) in [5.74, 6) is 0.299. The van der Waals surface area contributed by atoms with Crippen molar-refractivity contribution in [3.05, 3.63) is 0 Å². The van der Waals surface area contributed by atoms with Crippen LogP contribution in [0.4, 0.5) is 0 Å². The number of ether oxygens (including phenoxy) is 1. The molecule has 5 heteroatoms. The summed E-state index contributed by atoms with van der Waals surface area (Å²) in [6.45, 7) is 3.47. The van der Waals surface area contributed by atoms with Gasteiger partial charge < -0.3 is 15.4 Å². The molecule has 0 saturated carbocycles. The molecule has 0 radical (unpaired) electrons. The third kappa shape index (κ3) is 4.78. The normalized spacial score (nSPS) is 20.6. The molecule has 2 N–H and O–H groups in total. The second-order valence-corrected chi connectivity index (χ2v) is 5.51. The van der Waals surface area contributed by atoms with Gasteiger partial charge in [0, 0.05) is 13.0 Å². The summed E-state index contributed by atoms with van der Waals surface area (Å²) < 4.78 is 4.81. The number of amides is 1. The lowest BCUT2D eigenvalue weighted by Crippen LogP contribution is -2.48. The van der Waals surface area contributed by atoms with Gasteiger partial charge in [-0.3, -0.25) is 4.79 Å². The molecule has 5 nitrogen and oxygen atoms in total. The smallest absolute Gasteiger partial charge is 0.328 e. The van der Waals surface area contributed by atoms with E-state index in [1.165, 1.54) is 7.11 Å². The fourth-order valence-electron chi connectivity index (χ4n) is 2.87. The van der Waals surface area contributed by atoms with Crippen LogP contribution in [0.3, 0.4) is 0 Å². The molecule has 1 aliphatic rings. The Morgan fingerprint density at radius 3 is 2.70 bits per heavy atom. The van der Waals surface area contributed by atoms with Gasteiger partial charge in [0.25, 0.3) is 0 Å². The molecule has 0 aromatic carbocycles. The van der Waals surface area contributed by atoms with Crippen LogP contribution in [0.5, 0.6) is 0 Å². The third-order valence-electron chi connectivity index (χ3n) is 4.22. The number of rotatable bonds is 7. The van der Waals surface area contributed by atoms with E-state index in [-0.39, 0.29) is 17.9 Å². The number of methoxy groups -OCH3 is 1. The minimum Gasteiger partial charge on any atom is -0.467 e. The Labute approximate surface area is 121 Å². The molecule has 20 heavy (non-hydrogen) atoms. The number of carbonyl (C=O) groups excluding carboxylic acids is 2. The van der Waals surface area contributed by atoms with Gasteiger partial charge in [-0.25, -0.2) is 4.79 Å². The molecular formula is C15H28N2O3. The Morgan fingerprint density at radius 1 is 1.35 bits per heavy atom. The first-order valence-corrected chi connectivity index (χ1v) is 7.71. The molecule has 2 atom stereocenters. The van der Waals surface area contributed by atoms with Gasteiger partial charge in [0.15, 0.2) is 0 Å². The van der Waals surface area contributed by atoms with Crippen molar-refractivity contribution >= 4 is 11.9 Å². The van der Waals surface area contributed by atoms with Crippen molar-refractivity contribution in [1.82, 2.24) is 4.90 Å². The first-order chi connectivity index (χ1) is 9.63. The van der Waals surface area contributed by atoms with E-state index in [1.54, 1.807) is 4.90 Å². The van der Waals surface area contributed by atoms with Crippen LogP contribution < -0.4 is 5.73 Å². The maximum absolute atomic E-state index is 12.3. The summed E-state index contributed by atoms with van der Waals surface area (Å²) in [7, 11) is 1.38. The SMILES string of the molecule is CCC(CCN)CCC(=O)N1CCCCC1C(=O)OC. The number of nitrogens with zero attached hydrogens (tertiary/aromatic N) is 1. The zero-order valence-electron chi connectivity index (χ0n) is 12.8. The number of nitrogens with two attached hydrogens (primary N) is 1. The van der Waals surface area contributed by atoms with Crippen LogP contribution in [0.25, 0.3) is 0 Å². The van der Waals surface area contributed by atoms with Crippen LogP contribution in [-0.2, 0) is 14.3 Å². The highest BCUT2D eigenvalue weighted by Gasteiger charge is 2.32. The van der Waals surface area contributed by atoms with Crippen molar-refractivity contribution in [1.29, 1.82) is 0 Å². The van der Waals surface area contributed by atoms with E-state index in [0.717, 1.165) is 38.5 Å². The minimum absolute atomic E-state index is 0.0792. The summed E-state index contributed by atoms with van der Waals surface area (Å²) >= 11 is 0. The van der Waals surface area contributed by atoms with Crippen LogP contribution in [0.15, 0.2) is 0 Å². The molecule has 1 heterocycles. The van der Waals surface area contributed by atoms with Gasteiger partial charge in [-0.1, -0.05) is 13.3 Å². The van der Waals surface area contributed by atoms with Crippen molar-refractivity contribution < 1.29 is 14.3 Å². The zero-order valence-corrected chi connectivity index (χ0v) is 12.8. The number of hydrogen-bond donors (Lipinski definition) is 1. The van der Waals surface area contributed by atoms with Crippen molar-refractivity contribution in [3.8, 4) is 0 Å². The van der Waals surface area contributed by atoms with Crippen LogP contribution in [0.2, 0.25) is 0 Å². The first-order valence-electron chi connectivity index (χ1n) is 7.71. The molecule has 0 aromatic rings. The molecule has 2 unspecified atom stereocenters. The first kappa shape index (κ1) is 17.0. The lowest BCUT2D eigenvalue weighted by atomic mass is 9.95. The van der Waals surface area contributed by atoms with Gasteiger partial charge in [0.2, 0.25) is 5.91 Å². The molecule has 1 saturated heterocycles. The molecule has 0 aliphatic carbocycles. The summed E-state index contributed by atoms with van der Waals surface area (Å²) in [6.07, 6.45) is 6.05. The predicted octanol–water partition coefficient (Wildman–Crippen LogP) is 1.70. The summed E-state index contributed by atoms with van der Waals surface area (Å²) in [5, 5.41) is 0. The fraction of sp³-hybridized carbons (Fsp3) is 0.867. The lowest BCUT2D eigenvalue weighted by Gasteiger charge is -2.34. The van der Waals surface area contributed by atoms with E-state index >= 15 is 0 Å². The van der Waals surface area contributed by atoms with Crippen molar-refractivity contribution in [2.75, 3.05) is 20.2 Å². The molecular weight excluding hydrogens is 256 g/mol. The minimum atomic E-state index is -0.379. The average molecular weight is 284 g/mol. The predicted molar refractivity (Wildman–Crippen MR) is 78.1 cm³/mol. The average Bonchev–Trinajstić information content (AvgIpc) is 2.50. The number of likely N-dealkylation sites (tertiary alicyclic amines) is 1. The van der Waals surface area contributed by atoms with Crippen LogP contribution >= 0.6 is 0 Å².